The SMILES string of the molecule is O=S(=O)(CCN(CCCc1ccccc1)S(=O)(=O)c1cccs1)N1CCNCC1. The highest BCUT2D eigenvalue weighted by Gasteiger charge is 2.29. The minimum Gasteiger partial charge on any atom is -0.314 e. The highest BCUT2D eigenvalue weighted by Crippen LogP contribution is 2.22. The lowest BCUT2D eigenvalue weighted by molar-refractivity contribution is 0.356. The second-order valence-corrected chi connectivity index (χ2v) is 12.1. The van der Waals surface area contributed by atoms with Crippen molar-refractivity contribution >= 4 is 31.4 Å². The maximum absolute atomic E-state index is 13.0. The Kier molecular flexibility index (Phi) is 7.83. The Balaban J connectivity index is 1.68. The zero-order chi connectivity index (χ0) is 20.7. The van der Waals surface area contributed by atoms with Crippen LogP contribution < -0.4 is 5.32 Å². The topological polar surface area (TPSA) is 86.8 Å². The third-order valence-electron chi connectivity index (χ3n) is 4.87. The van der Waals surface area contributed by atoms with Crippen LogP contribution in [0.1, 0.15) is 12.0 Å². The van der Waals surface area contributed by atoms with Crippen molar-refractivity contribution in [1.29, 1.82) is 0 Å². The van der Waals surface area contributed by atoms with Crippen molar-refractivity contribution in [3.05, 3.63) is 53.4 Å². The summed E-state index contributed by atoms with van der Waals surface area (Å²) in [5, 5.41) is 4.84. The fraction of sp³-hybridized carbons (Fsp3) is 0.474. The lowest BCUT2D eigenvalue weighted by Crippen LogP contribution is -2.48. The highest BCUT2D eigenvalue weighted by molar-refractivity contribution is 7.91. The second-order valence-electron chi connectivity index (χ2n) is 6.89. The number of aryl methyl sites for hydroxylation is 1. The molecule has 10 heteroatoms. The number of benzene rings is 1. The predicted octanol–water partition coefficient (Wildman–Crippen LogP) is 1.61. The Morgan fingerprint density at radius 1 is 0.966 bits per heavy atom. The van der Waals surface area contributed by atoms with Crippen molar-refractivity contribution in [3.63, 3.8) is 0 Å². The quantitative estimate of drug-likeness (QED) is 0.586. The van der Waals surface area contributed by atoms with Gasteiger partial charge in [0.1, 0.15) is 4.21 Å². The molecule has 0 atom stereocenters. The Bertz CT molecular complexity index is 955. The molecule has 3 rings (SSSR count). The van der Waals surface area contributed by atoms with Crippen LogP contribution in [0, 0.1) is 0 Å². The normalized spacial score (nSPS) is 16.3. The average molecular weight is 458 g/mol. The van der Waals surface area contributed by atoms with Gasteiger partial charge in [0.05, 0.1) is 5.75 Å². The van der Waals surface area contributed by atoms with Crippen molar-refractivity contribution in [2.24, 2.45) is 0 Å². The summed E-state index contributed by atoms with van der Waals surface area (Å²) in [6.45, 7) is 2.33. The Morgan fingerprint density at radius 3 is 2.34 bits per heavy atom. The average Bonchev–Trinajstić information content (AvgIpc) is 3.28. The van der Waals surface area contributed by atoms with E-state index >= 15 is 0 Å². The number of piperazine rings is 1. The number of hydrogen-bond acceptors (Lipinski definition) is 6. The molecule has 0 saturated carbocycles. The van der Waals surface area contributed by atoms with Gasteiger partial charge in [0.2, 0.25) is 10.0 Å². The van der Waals surface area contributed by atoms with Crippen LogP contribution in [0.5, 0.6) is 0 Å². The standard InChI is InChI=1S/C19H27N3O4S3/c23-28(24,21-13-10-20-11-14-21)17-15-22(29(25,26)19-9-5-16-27-19)12-4-8-18-6-2-1-3-7-18/h1-3,5-7,9,16,20H,4,8,10-15,17H2. The number of nitrogens with zero attached hydrogens (tertiary/aromatic N) is 2. The smallest absolute Gasteiger partial charge is 0.252 e. The fourth-order valence-corrected chi connectivity index (χ4v) is 7.45. The van der Waals surface area contributed by atoms with E-state index in [-0.39, 0.29) is 23.1 Å². The molecule has 7 nitrogen and oxygen atoms in total. The minimum absolute atomic E-state index is 0.0404. The molecule has 1 fully saturated rings. The summed E-state index contributed by atoms with van der Waals surface area (Å²) in [4.78, 5) is 0. The van der Waals surface area contributed by atoms with Crippen LogP contribution in [0.4, 0.5) is 0 Å². The van der Waals surface area contributed by atoms with Crippen molar-refractivity contribution in [1.82, 2.24) is 13.9 Å². The monoisotopic (exact) mass is 457 g/mol. The van der Waals surface area contributed by atoms with Gasteiger partial charge in [0.15, 0.2) is 0 Å². The van der Waals surface area contributed by atoms with Gasteiger partial charge in [0, 0.05) is 39.3 Å². The molecule has 160 valence electrons. The lowest BCUT2D eigenvalue weighted by Gasteiger charge is -2.28. The van der Waals surface area contributed by atoms with E-state index in [1.54, 1.807) is 17.5 Å². The maximum atomic E-state index is 13.0. The van der Waals surface area contributed by atoms with Crippen LogP contribution in [0.3, 0.4) is 0 Å². The van der Waals surface area contributed by atoms with E-state index in [1.807, 2.05) is 30.3 Å². The Hall–Kier alpha value is -1.30. The Labute approximate surface area is 177 Å². The van der Waals surface area contributed by atoms with E-state index in [4.69, 9.17) is 0 Å². The van der Waals surface area contributed by atoms with E-state index in [9.17, 15) is 16.8 Å². The molecular formula is C19H27N3O4S3. The Morgan fingerprint density at radius 2 is 1.69 bits per heavy atom. The number of nitrogens with one attached hydrogen (secondary N) is 1. The van der Waals surface area contributed by atoms with Gasteiger partial charge in [-0.1, -0.05) is 36.4 Å². The van der Waals surface area contributed by atoms with Gasteiger partial charge in [-0.05, 0) is 29.9 Å². The molecule has 0 amide bonds. The first-order valence-electron chi connectivity index (χ1n) is 9.66. The zero-order valence-corrected chi connectivity index (χ0v) is 18.7. The predicted molar refractivity (Wildman–Crippen MR) is 116 cm³/mol. The van der Waals surface area contributed by atoms with Crippen LogP contribution in [-0.2, 0) is 26.5 Å². The molecule has 0 unspecified atom stereocenters. The van der Waals surface area contributed by atoms with Gasteiger partial charge >= 0.3 is 0 Å². The van der Waals surface area contributed by atoms with Gasteiger partial charge in [0.25, 0.3) is 10.0 Å². The third kappa shape index (κ3) is 6.09. The van der Waals surface area contributed by atoms with Crippen molar-refractivity contribution < 1.29 is 16.8 Å². The summed E-state index contributed by atoms with van der Waals surface area (Å²) in [5.74, 6) is -0.205. The van der Waals surface area contributed by atoms with Gasteiger partial charge in [-0.15, -0.1) is 11.3 Å². The first kappa shape index (κ1) is 22.4. The highest BCUT2D eigenvalue weighted by atomic mass is 32.2. The molecule has 1 aliphatic rings. The van der Waals surface area contributed by atoms with E-state index in [0.29, 0.717) is 32.6 Å². The molecule has 0 radical (unpaired) electrons. The molecule has 1 saturated heterocycles. The van der Waals surface area contributed by atoms with Gasteiger partial charge in [-0.25, -0.2) is 16.8 Å². The molecule has 1 N–H and O–H groups in total. The van der Waals surface area contributed by atoms with Crippen LogP contribution >= 0.6 is 11.3 Å². The molecule has 0 bridgehead atoms. The molecule has 29 heavy (non-hydrogen) atoms. The van der Waals surface area contributed by atoms with Crippen molar-refractivity contribution in [3.8, 4) is 0 Å². The molecule has 0 aliphatic carbocycles. The van der Waals surface area contributed by atoms with Crippen molar-refractivity contribution in [2.75, 3.05) is 45.0 Å². The van der Waals surface area contributed by atoms with E-state index in [2.05, 4.69) is 5.32 Å². The molecule has 0 spiro atoms. The number of thiophene rings is 1. The summed E-state index contributed by atoms with van der Waals surface area (Å²) < 4.78 is 54.5. The first-order valence-corrected chi connectivity index (χ1v) is 13.6. The van der Waals surface area contributed by atoms with E-state index < -0.39 is 20.0 Å². The molecular weight excluding hydrogens is 430 g/mol. The number of hydrogen-bond donors (Lipinski definition) is 1. The first-order chi connectivity index (χ1) is 13.9. The summed E-state index contributed by atoms with van der Waals surface area (Å²) in [5.41, 5.74) is 1.13. The van der Waals surface area contributed by atoms with Gasteiger partial charge < -0.3 is 5.32 Å². The summed E-state index contributed by atoms with van der Waals surface area (Å²) in [6, 6.07) is 13.1. The molecule has 2 aromatic rings. The number of rotatable bonds is 10. The minimum atomic E-state index is -3.71. The zero-order valence-electron chi connectivity index (χ0n) is 16.2. The van der Waals surface area contributed by atoms with Crippen LogP contribution in [0.25, 0.3) is 0 Å². The van der Waals surface area contributed by atoms with Crippen LogP contribution in [0.15, 0.2) is 52.1 Å². The third-order valence-corrected chi connectivity index (χ3v) is 10.00. The number of sulfonamides is 2. The summed E-state index contributed by atoms with van der Waals surface area (Å²) in [7, 11) is -7.20. The second kappa shape index (κ2) is 10.1. The van der Waals surface area contributed by atoms with E-state index in [1.165, 1.54) is 8.61 Å². The van der Waals surface area contributed by atoms with E-state index in [0.717, 1.165) is 23.3 Å². The lowest BCUT2D eigenvalue weighted by atomic mass is 10.1. The maximum Gasteiger partial charge on any atom is 0.252 e. The largest absolute Gasteiger partial charge is 0.314 e. The molecule has 1 aliphatic heterocycles. The molecule has 1 aromatic heterocycles. The van der Waals surface area contributed by atoms with Crippen LogP contribution in [-0.4, -0.2) is 70.5 Å². The summed E-state index contributed by atoms with van der Waals surface area (Å²) >= 11 is 1.15. The summed E-state index contributed by atoms with van der Waals surface area (Å²) in [6.07, 6.45) is 1.37. The van der Waals surface area contributed by atoms with Crippen LogP contribution in [0.2, 0.25) is 0 Å². The van der Waals surface area contributed by atoms with Gasteiger partial charge in [-0.2, -0.15) is 8.61 Å². The molecule has 1 aromatic carbocycles. The van der Waals surface area contributed by atoms with Gasteiger partial charge in [-0.3, -0.25) is 0 Å². The molecule has 2 heterocycles. The van der Waals surface area contributed by atoms with Crippen molar-refractivity contribution in [2.45, 2.75) is 17.1 Å². The fourth-order valence-electron chi connectivity index (χ4n) is 3.26.